The van der Waals surface area contributed by atoms with E-state index in [9.17, 15) is 14.4 Å². The average molecular weight is 486 g/mol. The highest BCUT2D eigenvalue weighted by molar-refractivity contribution is 6.40. The number of halogens is 2. The average Bonchev–Trinajstić information content (AvgIpc) is 2.79. The van der Waals surface area contributed by atoms with Gasteiger partial charge in [-0.05, 0) is 60.2 Å². The molecule has 0 atom stereocenters. The van der Waals surface area contributed by atoms with Gasteiger partial charge in [-0.2, -0.15) is 5.10 Å². The van der Waals surface area contributed by atoms with Crippen molar-refractivity contribution in [1.29, 1.82) is 0 Å². The number of nitrogens with zero attached hydrogens (tertiary/aromatic N) is 1. The number of carbonyl (C=O) groups excluding carboxylic acids is 3. The maximum Gasteiger partial charge on any atom is 0.347 e. The molecular formula is C23H17Cl2N3O5. The molecular weight excluding hydrogens is 469 g/mol. The minimum Gasteiger partial charge on any atom is -0.496 e. The molecule has 0 aromatic heterocycles. The molecule has 10 heteroatoms. The van der Waals surface area contributed by atoms with Gasteiger partial charge in [0, 0.05) is 15.7 Å². The number of rotatable bonds is 6. The Kier molecular flexibility index (Phi) is 8.01. The van der Waals surface area contributed by atoms with Crippen LogP contribution in [0.2, 0.25) is 10.0 Å². The largest absolute Gasteiger partial charge is 0.496 e. The topological polar surface area (TPSA) is 106 Å². The second-order valence-corrected chi connectivity index (χ2v) is 7.34. The zero-order chi connectivity index (χ0) is 23.8. The minimum atomic E-state index is -0.982. The Morgan fingerprint density at radius 2 is 1.58 bits per heavy atom. The monoisotopic (exact) mass is 485 g/mol. The molecule has 2 N–H and O–H groups in total. The lowest BCUT2D eigenvalue weighted by molar-refractivity contribution is -0.136. The highest BCUT2D eigenvalue weighted by Crippen LogP contribution is 2.22. The van der Waals surface area contributed by atoms with Gasteiger partial charge in [0.2, 0.25) is 0 Å². The number of ether oxygens (including phenoxy) is 2. The summed E-state index contributed by atoms with van der Waals surface area (Å²) in [5.74, 6) is -1.77. The Balaban J connectivity index is 1.53. The van der Waals surface area contributed by atoms with Crippen molar-refractivity contribution < 1.29 is 23.9 Å². The summed E-state index contributed by atoms with van der Waals surface area (Å²) >= 11 is 11.7. The van der Waals surface area contributed by atoms with Crippen LogP contribution in [0, 0.1) is 0 Å². The summed E-state index contributed by atoms with van der Waals surface area (Å²) in [5.41, 5.74) is 3.28. The standard InChI is InChI=1S/C23H17Cl2N3O5/c1-32-20-5-3-2-4-19(20)23(31)33-18-8-6-14(7-9-18)13-26-28-22(30)21(29)27-17-11-15(24)10-16(25)12-17/h2-13H,1H3,(H,27,29)(H,28,30). The molecule has 3 aromatic carbocycles. The van der Waals surface area contributed by atoms with E-state index in [4.69, 9.17) is 32.7 Å². The molecule has 2 amide bonds. The number of anilines is 1. The van der Waals surface area contributed by atoms with E-state index >= 15 is 0 Å². The van der Waals surface area contributed by atoms with E-state index in [1.807, 2.05) is 0 Å². The van der Waals surface area contributed by atoms with E-state index in [1.165, 1.54) is 31.5 Å². The third-order valence-electron chi connectivity index (χ3n) is 4.12. The molecule has 0 aliphatic heterocycles. The summed E-state index contributed by atoms with van der Waals surface area (Å²) in [6, 6.07) is 17.5. The molecule has 0 radical (unpaired) electrons. The highest BCUT2D eigenvalue weighted by Gasteiger charge is 2.15. The fourth-order valence-electron chi connectivity index (χ4n) is 2.63. The molecule has 33 heavy (non-hydrogen) atoms. The van der Waals surface area contributed by atoms with Crippen molar-refractivity contribution in [3.63, 3.8) is 0 Å². The zero-order valence-corrected chi connectivity index (χ0v) is 18.7. The molecule has 0 heterocycles. The highest BCUT2D eigenvalue weighted by atomic mass is 35.5. The summed E-state index contributed by atoms with van der Waals surface area (Å²) in [7, 11) is 1.47. The fourth-order valence-corrected chi connectivity index (χ4v) is 3.15. The Morgan fingerprint density at radius 1 is 0.909 bits per heavy atom. The van der Waals surface area contributed by atoms with Crippen LogP contribution in [0.3, 0.4) is 0 Å². The first kappa shape index (κ1) is 23.8. The van der Waals surface area contributed by atoms with Crippen LogP contribution in [0.1, 0.15) is 15.9 Å². The van der Waals surface area contributed by atoms with Gasteiger partial charge in [0.1, 0.15) is 17.1 Å². The van der Waals surface area contributed by atoms with Gasteiger partial charge in [-0.15, -0.1) is 0 Å². The smallest absolute Gasteiger partial charge is 0.347 e. The molecule has 168 valence electrons. The molecule has 0 saturated carbocycles. The van der Waals surface area contributed by atoms with Gasteiger partial charge < -0.3 is 14.8 Å². The molecule has 3 rings (SSSR count). The zero-order valence-electron chi connectivity index (χ0n) is 17.2. The van der Waals surface area contributed by atoms with Gasteiger partial charge in [0.05, 0.1) is 13.3 Å². The number of hydrogen-bond acceptors (Lipinski definition) is 6. The molecule has 0 fully saturated rings. The number of para-hydroxylation sites is 1. The van der Waals surface area contributed by atoms with Crippen LogP contribution < -0.4 is 20.2 Å². The van der Waals surface area contributed by atoms with Crippen LogP contribution in [-0.4, -0.2) is 31.1 Å². The van der Waals surface area contributed by atoms with Gasteiger partial charge >= 0.3 is 17.8 Å². The molecule has 0 spiro atoms. The second kappa shape index (κ2) is 11.1. The van der Waals surface area contributed by atoms with E-state index in [0.29, 0.717) is 32.7 Å². The van der Waals surface area contributed by atoms with Gasteiger partial charge in [0.25, 0.3) is 0 Å². The molecule has 3 aromatic rings. The van der Waals surface area contributed by atoms with Crippen molar-refractivity contribution in [2.45, 2.75) is 0 Å². The maximum absolute atomic E-state index is 12.3. The summed E-state index contributed by atoms with van der Waals surface area (Å²) in [6.07, 6.45) is 1.33. The molecule has 0 aliphatic carbocycles. The van der Waals surface area contributed by atoms with Crippen LogP contribution in [0.5, 0.6) is 11.5 Å². The van der Waals surface area contributed by atoms with E-state index in [-0.39, 0.29) is 5.69 Å². The first-order valence-electron chi connectivity index (χ1n) is 9.41. The third kappa shape index (κ3) is 6.80. The number of amides is 2. The van der Waals surface area contributed by atoms with E-state index in [2.05, 4.69) is 15.8 Å². The number of hydrogen-bond donors (Lipinski definition) is 2. The van der Waals surface area contributed by atoms with Crippen molar-refractivity contribution in [1.82, 2.24) is 5.43 Å². The number of hydrazone groups is 1. The quantitative estimate of drug-likeness (QED) is 0.178. The van der Waals surface area contributed by atoms with E-state index in [1.54, 1.807) is 48.5 Å². The van der Waals surface area contributed by atoms with Crippen molar-refractivity contribution in [2.24, 2.45) is 5.10 Å². The summed E-state index contributed by atoms with van der Waals surface area (Å²) in [6.45, 7) is 0. The lowest BCUT2D eigenvalue weighted by Gasteiger charge is -2.08. The van der Waals surface area contributed by atoms with Crippen LogP contribution >= 0.6 is 23.2 Å². The Bertz CT molecular complexity index is 1190. The maximum atomic E-state index is 12.3. The summed E-state index contributed by atoms with van der Waals surface area (Å²) in [5, 5.41) is 6.73. The van der Waals surface area contributed by atoms with Crippen LogP contribution in [0.4, 0.5) is 5.69 Å². The predicted molar refractivity (Wildman–Crippen MR) is 125 cm³/mol. The van der Waals surface area contributed by atoms with E-state index < -0.39 is 17.8 Å². The van der Waals surface area contributed by atoms with Crippen molar-refractivity contribution in [3.8, 4) is 11.5 Å². The molecule has 8 nitrogen and oxygen atoms in total. The Hall–Kier alpha value is -3.88. The third-order valence-corrected chi connectivity index (χ3v) is 4.56. The van der Waals surface area contributed by atoms with E-state index in [0.717, 1.165) is 0 Å². The Labute approximate surface area is 199 Å². The van der Waals surface area contributed by atoms with Crippen molar-refractivity contribution in [2.75, 3.05) is 12.4 Å². The van der Waals surface area contributed by atoms with Crippen LogP contribution in [0.25, 0.3) is 0 Å². The van der Waals surface area contributed by atoms with Gasteiger partial charge in [0.15, 0.2) is 0 Å². The van der Waals surface area contributed by atoms with Crippen LogP contribution in [-0.2, 0) is 9.59 Å². The van der Waals surface area contributed by atoms with Crippen molar-refractivity contribution in [3.05, 3.63) is 87.9 Å². The number of benzene rings is 3. The SMILES string of the molecule is COc1ccccc1C(=O)Oc1ccc(C=NNC(=O)C(=O)Nc2cc(Cl)cc(Cl)c2)cc1. The van der Waals surface area contributed by atoms with Gasteiger partial charge in [-0.25, -0.2) is 10.2 Å². The fraction of sp³-hybridized carbons (Fsp3) is 0.0435. The number of esters is 1. The number of methoxy groups -OCH3 is 1. The van der Waals surface area contributed by atoms with Crippen molar-refractivity contribution >= 4 is 52.9 Å². The second-order valence-electron chi connectivity index (χ2n) is 6.47. The number of carbonyl (C=O) groups is 3. The molecule has 0 bridgehead atoms. The predicted octanol–water partition coefficient (Wildman–Crippen LogP) is 4.31. The van der Waals surface area contributed by atoms with Crippen LogP contribution in [0.15, 0.2) is 71.8 Å². The minimum absolute atomic E-state index is 0.273. The normalized spacial score (nSPS) is 10.5. The van der Waals surface area contributed by atoms with Gasteiger partial charge in [-0.3, -0.25) is 9.59 Å². The lowest BCUT2D eigenvalue weighted by atomic mass is 10.2. The molecule has 0 unspecified atom stereocenters. The van der Waals surface area contributed by atoms with Gasteiger partial charge in [-0.1, -0.05) is 35.3 Å². The first-order valence-corrected chi connectivity index (χ1v) is 10.2. The molecule has 0 saturated heterocycles. The Morgan fingerprint density at radius 3 is 2.24 bits per heavy atom. The summed E-state index contributed by atoms with van der Waals surface area (Å²) in [4.78, 5) is 36.2. The lowest BCUT2D eigenvalue weighted by Crippen LogP contribution is -2.32. The first-order chi connectivity index (χ1) is 15.9. The summed E-state index contributed by atoms with van der Waals surface area (Å²) < 4.78 is 10.5. The molecule has 0 aliphatic rings. The number of nitrogens with one attached hydrogen (secondary N) is 2.